The van der Waals surface area contributed by atoms with Crippen molar-refractivity contribution in [3.8, 4) is 0 Å². The van der Waals surface area contributed by atoms with Crippen molar-refractivity contribution in [2.45, 2.75) is 0 Å². The van der Waals surface area contributed by atoms with E-state index in [9.17, 15) is 8.78 Å². The van der Waals surface area contributed by atoms with Crippen molar-refractivity contribution >= 4 is 5.90 Å². The second kappa shape index (κ2) is 3.12. The highest BCUT2D eigenvalue weighted by atomic mass is 19.1. The fourth-order valence-electron chi connectivity index (χ4n) is 1.11. The van der Waals surface area contributed by atoms with Gasteiger partial charge >= 0.3 is 0 Å². The summed E-state index contributed by atoms with van der Waals surface area (Å²) < 4.78 is 31.1. The van der Waals surface area contributed by atoms with Crippen molar-refractivity contribution in [1.82, 2.24) is 0 Å². The first-order valence-electron chi connectivity index (χ1n) is 3.75. The number of hydrogen-bond acceptors (Lipinski definition) is 2. The third-order valence-corrected chi connectivity index (χ3v) is 1.68. The first-order valence-corrected chi connectivity index (χ1v) is 3.75. The van der Waals surface area contributed by atoms with Gasteiger partial charge < -0.3 is 4.74 Å². The lowest BCUT2D eigenvalue weighted by Crippen LogP contribution is -2.06. The maximum atomic E-state index is 13.1. The Morgan fingerprint density at radius 1 is 1.23 bits per heavy atom. The largest absolute Gasteiger partial charge is 0.475 e. The normalized spacial score (nSPS) is 15.4. The molecule has 4 heteroatoms. The third-order valence-electron chi connectivity index (χ3n) is 1.68. The minimum atomic E-state index is -0.658. The van der Waals surface area contributed by atoms with Crippen LogP contribution >= 0.6 is 0 Å². The van der Waals surface area contributed by atoms with E-state index in [0.29, 0.717) is 0 Å². The van der Waals surface area contributed by atoms with Crippen molar-refractivity contribution in [2.75, 3.05) is 6.61 Å². The number of ether oxygens (including phenoxy) is 1. The van der Waals surface area contributed by atoms with Crippen LogP contribution in [0.25, 0.3) is 0 Å². The zero-order valence-electron chi connectivity index (χ0n) is 6.63. The molecule has 13 heavy (non-hydrogen) atoms. The van der Waals surface area contributed by atoms with Crippen molar-refractivity contribution in [1.29, 1.82) is 0 Å². The topological polar surface area (TPSA) is 21.6 Å². The molecule has 0 aromatic heterocycles. The summed E-state index contributed by atoms with van der Waals surface area (Å²) in [7, 11) is 0. The summed E-state index contributed by atoms with van der Waals surface area (Å²) in [6.45, 7) is 1.73. The molecule has 1 aliphatic rings. The molecule has 0 fully saturated rings. The molecule has 2 rings (SSSR count). The summed E-state index contributed by atoms with van der Waals surface area (Å²) in [6.07, 6.45) is 0. The van der Waals surface area contributed by atoms with Crippen LogP contribution in [0.3, 0.4) is 0 Å². The van der Waals surface area contributed by atoms with E-state index in [2.05, 4.69) is 4.99 Å². The molecule has 1 aliphatic heterocycles. The number of hydrogen-bond donors (Lipinski definition) is 0. The number of rotatable bonds is 1. The Morgan fingerprint density at radius 2 is 1.92 bits per heavy atom. The summed E-state index contributed by atoms with van der Waals surface area (Å²) in [4.78, 5) is 3.72. The zero-order valence-corrected chi connectivity index (χ0v) is 6.63. The second-order valence-electron chi connectivity index (χ2n) is 2.52. The highest BCUT2D eigenvalue weighted by Crippen LogP contribution is 2.16. The first-order chi connectivity index (χ1) is 6.29. The van der Waals surface area contributed by atoms with E-state index >= 15 is 0 Å². The molecule has 1 aromatic carbocycles. The molecule has 0 bridgehead atoms. The van der Waals surface area contributed by atoms with E-state index in [1.165, 1.54) is 24.7 Å². The Kier molecular flexibility index (Phi) is 1.96. The van der Waals surface area contributed by atoms with Gasteiger partial charge in [0.1, 0.15) is 30.3 Å². The summed E-state index contributed by atoms with van der Waals surface area (Å²) in [5.74, 6) is -1.31. The summed E-state index contributed by atoms with van der Waals surface area (Å²) in [5, 5.41) is 0. The summed E-state index contributed by atoms with van der Waals surface area (Å²) in [5.41, 5.74) is -0.198. The molecule has 2 nitrogen and oxygen atoms in total. The van der Waals surface area contributed by atoms with Crippen molar-refractivity contribution < 1.29 is 13.5 Å². The van der Waals surface area contributed by atoms with Gasteiger partial charge in [0, 0.05) is 0 Å². The third kappa shape index (κ3) is 1.39. The molecule has 1 aromatic rings. The van der Waals surface area contributed by atoms with Gasteiger partial charge in [0.15, 0.2) is 0 Å². The number of aliphatic imine (C=N–C) groups is 1. The molecule has 67 valence electrons. The molecule has 0 N–H and O–H groups in total. The Hall–Kier alpha value is -1.45. The van der Waals surface area contributed by atoms with Crippen molar-refractivity contribution in [2.24, 2.45) is 4.99 Å². The Bertz CT molecular complexity index is 342. The van der Waals surface area contributed by atoms with Gasteiger partial charge in [-0.25, -0.2) is 13.8 Å². The monoisotopic (exact) mass is 182 g/mol. The molecule has 0 saturated heterocycles. The van der Waals surface area contributed by atoms with Crippen LogP contribution in [0, 0.1) is 18.2 Å². The summed E-state index contributed by atoms with van der Waals surface area (Å²) >= 11 is 0. The van der Waals surface area contributed by atoms with Crippen molar-refractivity contribution in [3.63, 3.8) is 0 Å². The van der Waals surface area contributed by atoms with Crippen LogP contribution in [0.15, 0.2) is 23.2 Å². The lowest BCUT2D eigenvalue weighted by Gasteiger charge is -2.03. The zero-order chi connectivity index (χ0) is 9.26. The standard InChI is InChI=1S/C9H6F2NO/c10-6-2-1-3-7(11)8(6)9-12-4-5-13-9/h1-4H,5H2. The average molecular weight is 182 g/mol. The molecule has 0 saturated carbocycles. The van der Waals surface area contributed by atoms with E-state index in [4.69, 9.17) is 4.74 Å². The molecule has 0 unspecified atom stereocenters. The highest BCUT2D eigenvalue weighted by Gasteiger charge is 2.19. The molecule has 1 heterocycles. The van der Waals surface area contributed by atoms with Gasteiger partial charge in [-0.15, -0.1) is 0 Å². The number of nitrogens with zero attached hydrogens (tertiary/aromatic N) is 1. The van der Waals surface area contributed by atoms with Gasteiger partial charge in [-0.3, -0.25) is 0 Å². The van der Waals surface area contributed by atoms with Crippen LogP contribution in [0.2, 0.25) is 0 Å². The van der Waals surface area contributed by atoms with Gasteiger partial charge in [-0.2, -0.15) is 0 Å². The summed E-state index contributed by atoms with van der Waals surface area (Å²) in [6, 6.07) is 3.64. The fraction of sp³-hybridized carbons (Fsp3) is 0.111. The van der Waals surface area contributed by atoms with Crippen LogP contribution in [0.4, 0.5) is 8.78 Å². The van der Waals surface area contributed by atoms with E-state index in [-0.39, 0.29) is 18.1 Å². The Balaban J connectivity index is 2.49. The van der Waals surface area contributed by atoms with Crippen LogP contribution in [0.1, 0.15) is 5.56 Å². The average Bonchev–Trinajstić information content (AvgIpc) is 2.57. The second-order valence-corrected chi connectivity index (χ2v) is 2.52. The van der Waals surface area contributed by atoms with Crippen molar-refractivity contribution in [3.05, 3.63) is 41.9 Å². The van der Waals surface area contributed by atoms with Crippen LogP contribution in [-0.4, -0.2) is 12.5 Å². The van der Waals surface area contributed by atoms with Gasteiger partial charge in [0.05, 0.1) is 0 Å². The van der Waals surface area contributed by atoms with Gasteiger partial charge in [-0.1, -0.05) is 6.07 Å². The quantitative estimate of drug-likeness (QED) is 0.650. The number of halogens is 2. The van der Waals surface area contributed by atoms with E-state index in [1.807, 2.05) is 0 Å². The number of benzene rings is 1. The maximum Gasteiger partial charge on any atom is 0.222 e. The smallest absolute Gasteiger partial charge is 0.222 e. The SMILES string of the molecule is Fc1cccc(F)c1C1=N[CH]CO1. The van der Waals surface area contributed by atoms with Crippen LogP contribution < -0.4 is 0 Å². The Morgan fingerprint density at radius 3 is 2.46 bits per heavy atom. The van der Waals surface area contributed by atoms with E-state index < -0.39 is 11.6 Å². The van der Waals surface area contributed by atoms with Crippen LogP contribution in [0.5, 0.6) is 0 Å². The minimum Gasteiger partial charge on any atom is -0.475 e. The lowest BCUT2D eigenvalue weighted by molar-refractivity contribution is 0.358. The molecule has 0 aliphatic carbocycles. The maximum absolute atomic E-state index is 13.1. The molecule has 0 atom stereocenters. The lowest BCUT2D eigenvalue weighted by atomic mass is 10.2. The molecule has 0 spiro atoms. The van der Waals surface area contributed by atoms with Gasteiger partial charge in [-0.05, 0) is 12.1 Å². The van der Waals surface area contributed by atoms with Gasteiger partial charge in [0.2, 0.25) is 5.90 Å². The van der Waals surface area contributed by atoms with Crippen LogP contribution in [-0.2, 0) is 4.74 Å². The molecular weight excluding hydrogens is 176 g/mol. The molecule has 0 amide bonds. The predicted octanol–water partition coefficient (Wildman–Crippen LogP) is 1.90. The Labute approximate surface area is 73.9 Å². The van der Waals surface area contributed by atoms with Gasteiger partial charge in [0.25, 0.3) is 0 Å². The van der Waals surface area contributed by atoms with E-state index in [0.717, 1.165) is 0 Å². The highest BCUT2D eigenvalue weighted by molar-refractivity contribution is 5.95. The first kappa shape index (κ1) is 8.16. The predicted molar refractivity (Wildman–Crippen MR) is 43.1 cm³/mol. The molecule has 1 radical (unpaired) electrons. The molecular formula is C9H6F2NO. The minimum absolute atomic E-state index is 0.00981. The van der Waals surface area contributed by atoms with E-state index in [1.54, 1.807) is 0 Å². The fourth-order valence-corrected chi connectivity index (χ4v) is 1.11.